The number of nitrogens with zero attached hydrogens (tertiary/aromatic N) is 1. The summed E-state index contributed by atoms with van der Waals surface area (Å²) in [7, 11) is 0. The SMILES string of the molecule is O=C(/C=C/c1cc(F)ccc1F)c1ccc(N2CCCC2=O)cc1. The fourth-order valence-corrected chi connectivity index (χ4v) is 2.63. The predicted octanol–water partition coefficient (Wildman–Crippen LogP) is 3.99. The normalized spacial score (nSPS) is 14.6. The molecule has 5 heteroatoms. The number of hydrogen-bond donors (Lipinski definition) is 0. The molecule has 2 aromatic rings. The molecular formula is C19H15F2NO2. The van der Waals surface area contributed by atoms with Gasteiger partial charge in [-0.25, -0.2) is 8.78 Å². The zero-order valence-corrected chi connectivity index (χ0v) is 12.8. The molecule has 0 saturated carbocycles. The van der Waals surface area contributed by atoms with E-state index < -0.39 is 11.6 Å². The van der Waals surface area contributed by atoms with E-state index >= 15 is 0 Å². The summed E-state index contributed by atoms with van der Waals surface area (Å²) < 4.78 is 26.6. The number of amides is 1. The smallest absolute Gasteiger partial charge is 0.227 e. The molecule has 1 heterocycles. The Morgan fingerprint density at radius 2 is 1.83 bits per heavy atom. The van der Waals surface area contributed by atoms with E-state index in [1.54, 1.807) is 29.2 Å². The highest BCUT2D eigenvalue weighted by Crippen LogP contribution is 2.22. The molecule has 122 valence electrons. The van der Waals surface area contributed by atoms with Crippen molar-refractivity contribution in [3.63, 3.8) is 0 Å². The Kier molecular flexibility index (Phi) is 4.51. The number of hydrogen-bond acceptors (Lipinski definition) is 2. The van der Waals surface area contributed by atoms with Gasteiger partial charge in [-0.2, -0.15) is 0 Å². The Morgan fingerprint density at radius 1 is 1.08 bits per heavy atom. The second-order valence-electron chi connectivity index (χ2n) is 5.56. The van der Waals surface area contributed by atoms with Crippen LogP contribution in [0.25, 0.3) is 6.08 Å². The summed E-state index contributed by atoms with van der Waals surface area (Å²) in [6, 6.07) is 9.74. The lowest BCUT2D eigenvalue weighted by Gasteiger charge is -2.15. The van der Waals surface area contributed by atoms with Crippen molar-refractivity contribution in [1.82, 2.24) is 0 Å². The maximum absolute atomic E-state index is 13.5. The van der Waals surface area contributed by atoms with Crippen molar-refractivity contribution in [2.45, 2.75) is 12.8 Å². The lowest BCUT2D eigenvalue weighted by molar-refractivity contribution is -0.117. The first-order valence-electron chi connectivity index (χ1n) is 7.62. The van der Waals surface area contributed by atoms with Gasteiger partial charge in [0.25, 0.3) is 0 Å². The summed E-state index contributed by atoms with van der Waals surface area (Å²) in [5.41, 5.74) is 1.19. The summed E-state index contributed by atoms with van der Waals surface area (Å²) in [6.07, 6.45) is 3.83. The van der Waals surface area contributed by atoms with E-state index in [1.165, 1.54) is 12.2 Å². The molecule has 0 spiro atoms. The molecule has 0 aliphatic carbocycles. The Labute approximate surface area is 138 Å². The van der Waals surface area contributed by atoms with Gasteiger partial charge < -0.3 is 4.90 Å². The quantitative estimate of drug-likeness (QED) is 0.629. The molecule has 0 bridgehead atoms. The number of carbonyl (C=O) groups excluding carboxylic acids is 2. The summed E-state index contributed by atoms with van der Waals surface area (Å²) >= 11 is 0. The van der Waals surface area contributed by atoms with E-state index in [4.69, 9.17) is 0 Å². The Hall–Kier alpha value is -2.82. The molecule has 1 aliphatic heterocycles. The first kappa shape index (κ1) is 16.1. The van der Waals surface area contributed by atoms with Gasteiger partial charge in [0, 0.05) is 29.8 Å². The van der Waals surface area contributed by atoms with Gasteiger partial charge in [0.1, 0.15) is 11.6 Å². The van der Waals surface area contributed by atoms with Gasteiger partial charge in [0.15, 0.2) is 5.78 Å². The summed E-state index contributed by atoms with van der Waals surface area (Å²) in [4.78, 5) is 25.5. The van der Waals surface area contributed by atoms with Crippen LogP contribution in [0.1, 0.15) is 28.8 Å². The summed E-state index contributed by atoms with van der Waals surface area (Å²) in [5, 5.41) is 0. The van der Waals surface area contributed by atoms with E-state index in [1.807, 2.05) is 0 Å². The third kappa shape index (κ3) is 3.40. The minimum absolute atomic E-state index is 0.0163. The number of halogens is 2. The molecule has 0 unspecified atom stereocenters. The highest BCUT2D eigenvalue weighted by molar-refractivity contribution is 6.07. The lowest BCUT2D eigenvalue weighted by Crippen LogP contribution is -2.23. The molecule has 0 atom stereocenters. The van der Waals surface area contributed by atoms with E-state index in [9.17, 15) is 18.4 Å². The molecule has 24 heavy (non-hydrogen) atoms. The van der Waals surface area contributed by atoms with Gasteiger partial charge in [0.2, 0.25) is 5.91 Å². The molecule has 0 radical (unpaired) electrons. The van der Waals surface area contributed by atoms with Gasteiger partial charge in [-0.15, -0.1) is 0 Å². The van der Waals surface area contributed by atoms with E-state index in [0.29, 0.717) is 18.5 Å². The zero-order chi connectivity index (χ0) is 17.1. The van der Waals surface area contributed by atoms with Crippen molar-refractivity contribution in [1.29, 1.82) is 0 Å². The zero-order valence-electron chi connectivity index (χ0n) is 12.8. The number of anilines is 1. The number of ketones is 1. The van der Waals surface area contributed by atoms with E-state index in [0.717, 1.165) is 30.3 Å². The average molecular weight is 327 g/mol. The number of allylic oxidation sites excluding steroid dienone is 1. The van der Waals surface area contributed by atoms with Crippen LogP contribution in [0.3, 0.4) is 0 Å². The highest BCUT2D eigenvalue weighted by atomic mass is 19.1. The first-order chi connectivity index (χ1) is 11.5. The fourth-order valence-electron chi connectivity index (χ4n) is 2.63. The van der Waals surface area contributed by atoms with Gasteiger partial charge in [-0.1, -0.05) is 0 Å². The molecule has 1 amide bonds. The molecule has 0 aromatic heterocycles. The van der Waals surface area contributed by atoms with Gasteiger partial charge >= 0.3 is 0 Å². The topological polar surface area (TPSA) is 37.4 Å². The van der Waals surface area contributed by atoms with Crippen molar-refractivity contribution in [2.75, 3.05) is 11.4 Å². The standard InChI is InChI=1S/C19H15F2NO2/c20-15-6-9-17(21)14(12-15)5-10-18(23)13-3-7-16(8-4-13)22-11-1-2-19(22)24/h3-10,12H,1-2,11H2/b10-5+. The van der Waals surface area contributed by atoms with Crippen molar-refractivity contribution in [3.05, 3.63) is 71.3 Å². The number of rotatable bonds is 4. The van der Waals surface area contributed by atoms with Crippen LogP contribution in [0.4, 0.5) is 14.5 Å². The van der Waals surface area contributed by atoms with Crippen LogP contribution in [0.15, 0.2) is 48.5 Å². The van der Waals surface area contributed by atoms with Crippen molar-refractivity contribution in [3.8, 4) is 0 Å². The lowest BCUT2D eigenvalue weighted by atomic mass is 10.1. The molecule has 0 N–H and O–H groups in total. The van der Waals surface area contributed by atoms with Crippen LogP contribution in [0.5, 0.6) is 0 Å². The van der Waals surface area contributed by atoms with Gasteiger partial charge in [-0.3, -0.25) is 9.59 Å². The van der Waals surface area contributed by atoms with E-state index in [2.05, 4.69) is 0 Å². The summed E-state index contributed by atoms with van der Waals surface area (Å²) in [6.45, 7) is 0.685. The highest BCUT2D eigenvalue weighted by Gasteiger charge is 2.21. The average Bonchev–Trinajstić information content (AvgIpc) is 3.01. The van der Waals surface area contributed by atoms with Crippen LogP contribution in [0, 0.1) is 11.6 Å². The number of carbonyl (C=O) groups is 2. The van der Waals surface area contributed by atoms with E-state index in [-0.39, 0.29) is 17.3 Å². The van der Waals surface area contributed by atoms with Crippen molar-refractivity contribution in [2.24, 2.45) is 0 Å². The maximum atomic E-state index is 13.5. The third-order valence-electron chi connectivity index (χ3n) is 3.91. The predicted molar refractivity (Wildman–Crippen MR) is 87.8 cm³/mol. The molecular weight excluding hydrogens is 312 g/mol. The van der Waals surface area contributed by atoms with Crippen LogP contribution < -0.4 is 4.90 Å². The van der Waals surface area contributed by atoms with Crippen LogP contribution in [0.2, 0.25) is 0 Å². The monoisotopic (exact) mass is 327 g/mol. The molecule has 1 aliphatic rings. The minimum atomic E-state index is -0.594. The second-order valence-corrected chi connectivity index (χ2v) is 5.56. The Morgan fingerprint density at radius 3 is 2.50 bits per heavy atom. The van der Waals surface area contributed by atoms with Crippen molar-refractivity contribution < 1.29 is 18.4 Å². The Balaban J connectivity index is 1.74. The minimum Gasteiger partial charge on any atom is -0.312 e. The third-order valence-corrected chi connectivity index (χ3v) is 3.91. The van der Waals surface area contributed by atoms with Gasteiger partial charge in [-0.05, 0) is 61.0 Å². The first-order valence-corrected chi connectivity index (χ1v) is 7.62. The maximum Gasteiger partial charge on any atom is 0.227 e. The molecule has 1 saturated heterocycles. The van der Waals surface area contributed by atoms with Crippen LogP contribution in [-0.4, -0.2) is 18.2 Å². The molecule has 1 fully saturated rings. The van der Waals surface area contributed by atoms with Crippen LogP contribution >= 0.6 is 0 Å². The molecule has 2 aromatic carbocycles. The van der Waals surface area contributed by atoms with Gasteiger partial charge in [0.05, 0.1) is 0 Å². The molecule has 3 rings (SSSR count). The largest absolute Gasteiger partial charge is 0.312 e. The molecule has 3 nitrogen and oxygen atoms in total. The number of benzene rings is 2. The second kappa shape index (κ2) is 6.74. The summed E-state index contributed by atoms with van der Waals surface area (Å²) in [5.74, 6) is -1.40. The van der Waals surface area contributed by atoms with Crippen LogP contribution in [-0.2, 0) is 4.79 Å². The van der Waals surface area contributed by atoms with Crippen molar-refractivity contribution >= 4 is 23.5 Å². The Bertz CT molecular complexity index is 813. The fraction of sp³-hybridized carbons (Fsp3) is 0.158.